The van der Waals surface area contributed by atoms with Gasteiger partial charge in [-0.25, -0.2) is 0 Å². The van der Waals surface area contributed by atoms with Crippen LogP contribution < -0.4 is 0 Å². The first-order chi connectivity index (χ1) is 15.3. The quantitative estimate of drug-likeness (QED) is 0.148. The Bertz CT molecular complexity index is 392. The van der Waals surface area contributed by atoms with Crippen LogP contribution in [0.3, 0.4) is 0 Å². The monoisotopic (exact) mass is 434 g/mol. The van der Waals surface area contributed by atoms with E-state index in [-0.39, 0.29) is 0 Å². The van der Waals surface area contributed by atoms with Crippen molar-refractivity contribution >= 4 is 0 Å². The van der Waals surface area contributed by atoms with Crippen LogP contribution in [-0.4, -0.2) is 29.1 Å². The second-order valence-corrected chi connectivity index (χ2v) is 10.00. The molecule has 1 unspecified atom stereocenters. The lowest BCUT2D eigenvalue weighted by Crippen LogP contribution is -2.38. The second kappa shape index (κ2) is 21.2. The van der Waals surface area contributed by atoms with E-state index in [2.05, 4.69) is 43.0 Å². The highest BCUT2D eigenvalue weighted by Crippen LogP contribution is 2.22. The summed E-state index contributed by atoms with van der Waals surface area (Å²) in [6.45, 7) is 9.29. The van der Waals surface area contributed by atoms with Gasteiger partial charge in [0.2, 0.25) is 0 Å². The highest BCUT2D eigenvalue weighted by molar-refractivity contribution is 4.96. The average Bonchev–Trinajstić information content (AvgIpc) is 3.18. The molecule has 0 radical (unpaired) electrons. The Morgan fingerprint density at radius 3 is 1.29 bits per heavy atom. The van der Waals surface area contributed by atoms with Gasteiger partial charge in [0.05, 0.1) is 0 Å². The topological polar surface area (TPSA) is 6.48 Å². The summed E-state index contributed by atoms with van der Waals surface area (Å²) in [7, 11) is 0. The summed E-state index contributed by atoms with van der Waals surface area (Å²) < 4.78 is 0. The zero-order valence-corrected chi connectivity index (χ0v) is 21.9. The van der Waals surface area contributed by atoms with Crippen molar-refractivity contribution in [3.8, 4) is 0 Å². The maximum atomic E-state index is 2.62. The summed E-state index contributed by atoms with van der Waals surface area (Å²) in [4.78, 5) is 5.16. The minimum atomic E-state index is 0.637. The van der Waals surface area contributed by atoms with Crippen LogP contribution in [0.1, 0.15) is 156 Å². The molecule has 0 fully saturated rings. The molecule has 0 aliphatic carbocycles. The number of rotatable bonds is 23. The lowest BCUT2D eigenvalue weighted by molar-refractivity contribution is 0.142. The van der Waals surface area contributed by atoms with Gasteiger partial charge in [-0.3, -0.25) is 0 Å². The molecule has 1 atom stereocenters. The van der Waals surface area contributed by atoms with Crippen molar-refractivity contribution < 1.29 is 0 Å². The molecule has 1 aliphatic heterocycles. The maximum Gasteiger partial charge on any atom is 0.101 e. The van der Waals surface area contributed by atoms with Crippen molar-refractivity contribution in [1.29, 1.82) is 0 Å². The van der Waals surface area contributed by atoms with Gasteiger partial charge < -0.3 is 9.80 Å². The predicted molar refractivity (Wildman–Crippen MR) is 140 cm³/mol. The molecule has 0 bridgehead atoms. The van der Waals surface area contributed by atoms with Gasteiger partial charge in [-0.1, -0.05) is 129 Å². The zero-order chi connectivity index (χ0) is 22.4. The van der Waals surface area contributed by atoms with E-state index in [0.717, 1.165) is 6.54 Å². The number of hydrogen-bond acceptors (Lipinski definition) is 2. The molecule has 31 heavy (non-hydrogen) atoms. The minimum absolute atomic E-state index is 0.637. The van der Waals surface area contributed by atoms with Crippen LogP contribution in [0.5, 0.6) is 0 Å². The molecule has 184 valence electrons. The SMILES string of the molecule is CCCCCCCCCCCCCCCCCCC1N(CC)C=CN1CCCCCC. The molecular formula is C29H58N2. The summed E-state index contributed by atoms with van der Waals surface area (Å²) in [5.74, 6) is 0. The first kappa shape index (κ1) is 28.4. The second-order valence-electron chi connectivity index (χ2n) is 10.00. The fourth-order valence-corrected chi connectivity index (χ4v) is 5.03. The Morgan fingerprint density at radius 1 is 0.452 bits per heavy atom. The number of unbranched alkanes of at least 4 members (excludes halogenated alkanes) is 18. The summed E-state index contributed by atoms with van der Waals surface area (Å²) in [6.07, 6.45) is 35.4. The van der Waals surface area contributed by atoms with Crippen molar-refractivity contribution in [2.75, 3.05) is 13.1 Å². The Labute approximate surface area is 197 Å². The number of hydrogen-bond donors (Lipinski definition) is 0. The highest BCUT2D eigenvalue weighted by atomic mass is 15.4. The maximum absolute atomic E-state index is 2.62. The third-order valence-corrected chi connectivity index (χ3v) is 7.17. The van der Waals surface area contributed by atoms with E-state index in [4.69, 9.17) is 0 Å². The van der Waals surface area contributed by atoms with Crippen LogP contribution >= 0.6 is 0 Å². The fraction of sp³-hybridized carbons (Fsp3) is 0.931. The van der Waals surface area contributed by atoms with Crippen molar-refractivity contribution in [2.45, 2.75) is 162 Å². The average molecular weight is 435 g/mol. The molecule has 2 heteroatoms. The molecular weight excluding hydrogens is 376 g/mol. The Balaban J connectivity index is 1.91. The van der Waals surface area contributed by atoms with Gasteiger partial charge >= 0.3 is 0 Å². The summed E-state index contributed by atoms with van der Waals surface area (Å²) in [5, 5.41) is 0. The smallest absolute Gasteiger partial charge is 0.101 e. The largest absolute Gasteiger partial charge is 0.356 e. The van der Waals surface area contributed by atoms with Gasteiger partial charge in [0.1, 0.15) is 6.17 Å². The zero-order valence-electron chi connectivity index (χ0n) is 21.9. The molecule has 0 aromatic carbocycles. The van der Waals surface area contributed by atoms with Gasteiger partial charge in [-0.2, -0.15) is 0 Å². The Hall–Kier alpha value is -0.660. The first-order valence-electron chi connectivity index (χ1n) is 14.5. The van der Waals surface area contributed by atoms with E-state index < -0.39 is 0 Å². The summed E-state index contributed by atoms with van der Waals surface area (Å²) in [5.41, 5.74) is 0. The van der Waals surface area contributed by atoms with E-state index in [1.807, 2.05) is 0 Å². The first-order valence-corrected chi connectivity index (χ1v) is 14.5. The van der Waals surface area contributed by atoms with Crippen LogP contribution in [0.2, 0.25) is 0 Å². The van der Waals surface area contributed by atoms with Crippen LogP contribution in [0, 0.1) is 0 Å². The fourth-order valence-electron chi connectivity index (χ4n) is 5.03. The van der Waals surface area contributed by atoms with Gasteiger partial charge in [0.15, 0.2) is 0 Å². The van der Waals surface area contributed by atoms with Gasteiger partial charge in [-0.05, 0) is 26.2 Å². The molecule has 0 amide bonds. The lowest BCUT2D eigenvalue weighted by atomic mass is 10.0. The van der Waals surface area contributed by atoms with Gasteiger partial charge in [0, 0.05) is 25.5 Å². The van der Waals surface area contributed by atoms with E-state index in [1.54, 1.807) is 0 Å². The molecule has 0 N–H and O–H groups in total. The van der Waals surface area contributed by atoms with Crippen LogP contribution in [0.4, 0.5) is 0 Å². The van der Waals surface area contributed by atoms with E-state index in [1.165, 1.54) is 141 Å². The van der Waals surface area contributed by atoms with Crippen LogP contribution in [0.25, 0.3) is 0 Å². The van der Waals surface area contributed by atoms with Crippen molar-refractivity contribution in [3.63, 3.8) is 0 Å². The standard InChI is InChI=1S/C29H58N2/c1-4-7-9-11-12-13-14-15-16-17-18-19-20-21-22-23-25-29-30(6-3)27-28-31(29)26-24-10-8-5-2/h27-29H,4-26H2,1-3H3. The molecule has 0 spiro atoms. The van der Waals surface area contributed by atoms with E-state index in [9.17, 15) is 0 Å². The number of nitrogens with zero attached hydrogens (tertiary/aromatic N) is 2. The molecule has 1 rings (SSSR count). The van der Waals surface area contributed by atoms with Crippen LogP contribution in [0.15, 0.2) is 12.4 Å². The lowest BCUT2D eigenvalue weighted by Gasteiger charge is -2.32. The summed E-state index contributed by atoms with van der Waals surface area (Å²) in [6, 6.07) is 0. The Kier molecular flexibility index (Phi) is 19.4. The molecule has 1 aliphatic rings. The molecule has 0 saturated carbocycles. The normalized spacial score (nSPS) is 16.0. The summed E-state index contributed by atoms with van der Waals surface area (Å²) >= 11 is 0. The molecule has 0 aromatic heterocycles. The molecule has 0 aromatic rings. The van der Waals surface area contributed by atoms with Crippen molar-refractivity contribution in [2.24, 2.45) is 0 Å². The van der Waals surface area contributed by atoms with Crippen LogP contribution in [-0.2, 0) is 0 Å². The molecule has 0 saturated heterocycles. The third-order valence-electron chi connectivity index (χ3n) is 7.17. The van der Waals surface area contributed by atoms with E-state index in [0.29, 0.717) is 6.17 Å². The van der Waals surface area contributed by atoms with Crippen molar-refractivity contribution in [1.82, 2.24) is 9.80 Å². The van der Waals surface area contributed by atoms with Gasteiger partial charge in [-0.15, -0.1) is 0 Å². The molecule has 2 nitrogen and oxygen atoms in total. The molecule has 1 heterocycles. The predicted octanol–water partition coefficient (Wildman–Crippen LogP) is 9.65. The highest BCUT2D eigenvalue weighted by Gasteiger charge is 2.23. The van der Waals surface area contributed by atoms with E-state index >= 15 is 0 Å². The third kappa shape index (κ3) is 14.9. The minimum Gasteiger partial charge on any atom is -0.356 e. The Morgan fingerprint density at radius 2 is 0.839 bits per heavy atom. The van der Waals surface area contributed by atoms with Crippen molar-refractivity contribution in [3.05, 3.63) is 12.4 Å². The van der Waals surface area contributed by atoms with Gasteiger partial charge in [0.25, 0.3) is 0 Å².